The van der Waals surface area contributed by atoms with Gasteiger partial charge in [-0.05, 0) is 54.6 Å². The highest BCUT2D eigenvalue weighted by atomic mass is 19.1. The van der Waals surface area contributed by atoms with Gasteiger partial charge in [0.1, 0.15) is 18.2 Å². The van der Waals surface area contributed by atoms with Crippen LogP contribution in [-0.2, 0) is 11.3 Å². The van der Waals surface area contributed by atoms with Gasteiger partial charge >= 0.3 is 0 Å². The predicted octanol–water partition coefficient (Wildman–Crippen LogP) is 4.50. The number of imidazole rings is 1. The first kappa shape index (κ1) is 19.4. The minimum atomic E-state index is -0.357. The van der Waals surface area contributed by atoms with Gasteiger partial charge in [0.25, 0.3) is 0 Å². The molecule has 0 spiro atoms. The Hall–Kier alpha value is -3.87. The zero-order chi connectivity index (χ0) is 21.1. The van der Waals surface area contributed by atoms with Crippen LogP contribution >= 0.6 is 0 Å². The van der Waals surface area contributed by atoms with Crippen molar-refractivity contribution in [2.75, 3.05) is 19.5 Å². The van der Waals surface area contributed by atoms with Crippen molar-refractivity contribution >= 4 is 22.6 Å². The third kappa shape index (κ3) is 3.82. The van der Waals surface area contributed by atoms with Gasteiger partial charge in [0.15, 0.2) is 11.5 Å². The summed E-state index contributed by atoms with van der Waals surface area (Å²) in [5.41, 5.74) is 2.92. The number of benzene rings is 3. The number of carbonyl (C=O) groups is 1. The van der Waals surface area contributed by atoms with Crippen LogP contribution in [0.5, 0.6) is 11.5 Å². The molecule has 7 heteroatoms. The summed E-state index contributed by atoms with van der Waals surface area (Å²) in [5.74, 6) is 1.21. The Bertz CT molecular complexity index is 1200. The lowest BCUT2D eigenvalue weighted by atomic mass is 10.2. The molecule has 0 radical (unpaired) electrons. The SMILES string of the molecule is COc1ccc(-c2nc3ccccc3n2CC(=O)Nc2ccc(F)cc2)cc1OC. The summed E-state index contributed by atoms with van der Waals surface area (Å²) in [5, 5.41) is 2.79. The zero-order valence-corrected chi connectivity index (χ0v) is 16.6. The smallest absolute Gasteiger partial charge is 0.244 e. The summed E-state index contributed by atoms with van der Waals surface area (Å²) in [6.45, 7) is 0.0432. The van der Waals surface area contributed by atoms with Crippen LogP contribution in [-0.4, -0.2) is 29.7 Å². The Morgan fingerprint density at radius 1 is 1.00 bits per heavy atom. The van der Waals surface area contributed by atoms with E-state index in [2.05, 4.69) is 5.32 Å². The first-order chi connectivity index (χ1) is 14.6. The number of hydrogen-bond acceptors (Lipinski definition) is 4. The highest BCUT2D eigenvalue weighted by Gasteiger charge is 2.17. The molecule has 0 fully saturated rings. The van der Waals surface area contributed by atoms with E-state index in [0.717, 1.165) is 16.6 Å². The molecule has 1 heterocycles. The zero-order valence-electron chi connectivity index (χ0n) is 16.6. The number of rotatable bonds is 6. The van der Waals surface area contributed by atoms with Crippen molar-refractivity contribution in [2.45, 2.75) is 6.54 Å². The summed E-state index contributed by atoms with van der Waals surface area (Å²) in [4.78, 5) is 17.4. The van der Waals surface area contributed by atoms with E-state index < -0.39 is 0 Å². The van der Waals surface area contributed by atoms with Crippen molar-refractivity contribution in [3.8, 4) is 22.9 Å². The first-order valence-electron chi connectivity index (χ1n) is 9.32. The Morgan fingerprint density at radius 3 is 2.47 bits per heavy atom. The van der Waals surface area contributed by atoms with Crippen LogP contribution in [0.1, 0.15) is 0 Å². The van der Waals surface area contributed by atoms with Crippen molar-refractivity contribution in [2.24, 2.45) is 0 Å². The van der Waals surface area contributed by atoms with Gasteiger partial charge in [0, 0.05) is 11.3 Å². The van der Waals surface area contributed by atoms with Gasteiger partial charge in [-0.2, -0.15) is 0 Å². The number of nitrogens with one attached hydrogen (secondary N) is 1. The third-order valence-electron chi connectivity index (χ3n) is 4.73. The summed E-state index contributed by atoms with van der Waals surface area (Å²) in [7, 11) is 3.15. The van der Waals surface area contributed by atoms with Crippen LogP contribution in [0.4, 0.5) is 10.1 Å². The van der Waals surface area contributed by atoms with Gasteiger partial charge in [-0.3, -0.25) is 4.79 Å². The molecule has 0 saturated carbocycles. The Balaban J connectivity index is 1.72. The average Bonchev–Trinajstić information content (AvgIpc) is 3.13. The minimum absolute atomic E-state index is 0.0432. The molecule has 6 nitrogen and oxygen atoms in total. The molecular formula is C23H20FN3O3. The maximum atomic E-state index is 13.1. The molecule has 0 aliphatic rings. The maximum absolute atomic E-state index is 13.1. The molecular weight excluding hydrogens is 385 g/mol. The van der Waals surface area contributed by atoms with E-state index in [-0.39, 0.29) is 18.3 Å². The molecule has 152 valence electrons. The standard InChI is InChI=1S/C23H20FN3O3/c1-29-20-12-7-15(13-21(20)30-2)23-26-18-5-3-4-6-19(18)27(23)14-22(28)25-17-10-8-16(24)9-11-17/h3-13H,14H2,1-2H3,(H,25,28). The second-order valence-electron chi connectivity index (χ2n) is 6.64. The molecule has 0 saturated heterocycles. The number of amides is 1. The Kier molecular flexibility index (Phi) is 5.34. The van der Waals surface area contributed by atoms with E-state index in [1.807, 2.05) is 41.0 Å². The van der Waals surface area contributed by atoms with Crippen LogP contribution in [0.15, 0.2) is 66.7 Å². The normalized spacial score (nSPS) is 10.8. The minimum Gasteiger partial charge on any atom is -0.493 e. The lowest BCUT2D eigenvalue weighted by molar-refractivity contribution is -0.116. The number of aromatic nitrogens is 2. The monoisotopic (exact) mass is 405 g/mol. The van der Waals surface area contributed by atoms with Crippen LogP contribution in [0.3, 0.4) is 0 Å². The molecule has 0 unspecified atom stereocenters. The molecule has 1 N–H and O–H groups in total. The van der Waals surface area contributed by atoms with Gasteiger partial charge in [-0.25, -0.2) is 9.37 Å². The predicted molar refractivity (Wildman–Crippen MR) is 113 cm³/mol. The summed E-state index contributed by atoms with van der Waals surface area (Å²) in [6, 6.07) is 18.8. The summed E-state index contributed by atoms with van der Waals surface area (Å²) < 4.78 is 25.7. The molecule has 1 aromatic heterocycles. The third-order valence-corrected chi connectivity index (χ3v) is 4.73. The summed E-state index contributed by atoms with van der Waals surface area (Å²) in [6.07, 6.45) is 0. The van der Waals surface area contributed by atoms with E-state index in [9.17, 15) is 9.18 Å². The van der Waals surface area contributed by atoms with Gasteiger partial charge in [-0.1, -0.05) is 12.1 Å². The van der Waals surface area contributed by atoms with E-state index in [1.165, 1.54) is 24.3 Å². The molecule has 0 bridgehead atoms. The molecule has 0 aliphatic heterocycles. The van der Waals surface area contributed by atoms with E-state index in [4.69, 9.17) is 14.5 Å². The number of fused-ring (bicyclic) bond motifs is 1. The number of nitrogens with zero attached hydrogens (tertiary/aromatic N) is 2. The average molecular weight is 405 g/mol. The van der Waals surface area contributed by atoms with Gasteiger partial charge < -0.3 is 19.4 Å². The lowest BCUT2D eigenvalue weighted by Gasteiger charge is -2.12. The number of ether oxygens (including phenoxy) is 2. The van der Waals surface area contributed by atoms with Crippen LogP contribution in [0, 0.1) is 5.82 Å². The highest BCUT2D eigenvalue weighted by molar-refractivity contribution is 5.92. The van der Waals surface area contributed by atoms with Gasteiger partial charge in [0.2, 0.25) is 5.91 Å². The van der Waals surface area contributed by atoms with Gasteiger partial charge in [0.05, 0.1) is 25.3 Å². The second-order valence-corrected chi connectivity index (χ2v) is 6.64. The van der Waals surface area contributed by atoms with Crippen molar-refractivity contribution in [3.63, 3.8) is 0 Å². The molecule has 0 atom stereocenters. The molecule has 3 aromatic carbocycles. The van der Waals surface area contributed by atoms with Crippen molar-refractivity contribution in [1.29, 1.82) is 0 Å². The number of halogens is 1. The first-order valence-corrected chi connectivity index (χ1v) is 9.32. The van der Waals surface area contributed by atoms with Crippen LogP contribution in [0.25, 0.3) is 22.4 Å². The topological polar surface area (TPSA) is 65.4 Å². The quantitative estimate of drug-likeness (QED) is 0.513. The molecule has 4 rings (SSSR count). The second kappa shape index (κ2) is 8.24. The maximum Gasteiger partial charge on any atom is 0.244 e. The van der Waals surface area contributed by atoms with Gasteiger partial charge in [-0.15, -0.1) is 0 Å². The number of anilines is 1. The number of hydrogen-bond donors (Lipinski definition) is 1. The fourth-order valence-corrected chi connectivity index (χ4v) is 3.31. The van der Waals surface area contributed by atoms with Crippen molar-refractivity contribution in [1.82, 2.24) is 9.55 Å². The number of carbonyl (C=O) groups excluding carboxylic acids is 1. The fraction of sp³-hybridized carbons (Fsp3) is 0.130. The fourth-order valence-electron chi connectivity index (χ4n) is 3.31. The molecule has 0 aliphatic carbocycles. The van der Waals surface area contributed by atoms with E-state index in [0.29, 0.717) is 23.0 Å². The highest BCUT2D eigenvalue weighted by Crippen LogP contribution is 2.33. The van der Waals surface area contributed by atoms with Crippen LogP contribution < -0.4 is 14.8 Å². The molecule has 1 amide bonds. The Labute approximate surface area is 172 Å². The van der Waals surface area contributed by atoms with Crippen molar-refractivity contribution < 1.29 is 18.7 Å². The molecule has 30 heavy (non-hydrogen) atoms. The largest absolute Gasteiger partial charge is 0.493 e. The van der Waals surface area contributed by atoms with E-state index >= 15 is 0 Å². The van der Waals surface area contributed by atoms with Crippen LogP contribution in [0.2, 0.25) is 0 Å². The van der Waals surface area contributed by atoms with E-state index in [1.54, 1.807) is 20.3 Å². The number of para-hydroxylation sites is 2. The Morgan fingerprint density at radius 2 is 1.73 bits per heavy atom. The summed E-state index contributed by atoms with van der Waals surface area (Å²) >= 11 is 0. The lowest BCUT2D eigenvalue weighted by Crippen LogP contribution is -2.19. The van der Waals surface area contributed by atoms with Crippen molar-refractivity contribution in [3.05, 3.63) is 72.5 Å². The number of methoxy groups -OCH3 is 2. The molecule has 4 aromatic rings.